The summed E-state index contributed by atoms with van der Waals surface area (Å²) < 4.78 is 44.2. The van der Waals surface area contributed by atoms with Crippen LogP contribution in [0.5, 0.6) is 0 Å². The third kappa shape index (κ3) is 4.73. The van der Waals surface area contributed by atoms with Gasteiger partial charge >= 0.3 is 6.18 Å². The van der Waals surface area contributed by atoms with Gasteiger partial charge in [0.25, 0.3) is 5.56 Å². The maximum absolute atomic E-state index is 12.8. The lowest BCUT2D eigenvalue weighted by Gasteiger charge is -2.21. The van der Waals surface area contributed by atoms with Crippen LogP contribution < -0.4 is 5.56 Å². The molecular formula is C16H14F3N3O3. The Labute approximate surface area is 140 Å². The summed E-state index contributed by atoms with van der Waals surface area (Å²) >= 11 is 0. The summed E-state index contributed by atoms with van der Waals surface area (Å²) in [5.74, 6) is -0.129. The quantitative estimate of drug-likeness (QED) is 0.799. The maximum Gasteiger partial charge on any atom is 0.421 e. The Hall–Kier alpha value is -3.02. The summed E-state index contributed by atoms with van der Waals surface area (Å²) in [6.45, 7) is -0.431. The third-order valence-electron chi connectivity index (χ3n) is 3.40. The predicted octanol–water partition coefficient (Wildman–Crippen LogP) is 2.40. The van der Waals surface area contributed by atoms with E-state index < -0.39 is 29.8 Å². The van der Waals surface area contributed by atoms with Crippen LogP contribution in [0.25, 0.3) is 0 Å². The minimum atomic E-state index is -4.79. The van der Waals surface area contributed by atoms with E-state index in [2.05, 4.69) is 0 Å². The van der Waals surface area contributed by atoms with Crippen LogP contribution in [0.4, 0.5) is 13.2 Å². The number of carbonyl (C=O) groups excluding carboxylic acids is 1. The molecule has 2 aromatic rings. The molecule has 2 rings (SSSR count). The average molecular weight is 353 g/mol. The molecule has 0 aliphatic carbocycles. The van der Waals surface area contributed by atoms with Gasteiger partial charge < -0.3 is 13.9 Å². The molecule has 0 aliphatic heterocycles. The van der Waals surface area contributed by atoms with Crippen LogP contribution in [0.2, 0.25) is 0 Å². The van der Waals surface area contributed by atoms with Gasteiger partial charge in [-0.25, -0.2) is 0 Å². The number of aromatic nitrogens is 1. The van der Waals surface area contributed by atoms with Crippen molar-refractivity contribution in [3.05, 3.63) is 58.4 Å². The second kappa shape index (κ2) is 7.70. The Kier molecular flexibility index (Phi) is 5.64. The Morgan fingerprint density at radius 2 is 2.08 bits per heavy atom. The second-order valence-corrected chi connectivity index (χ2v) is 5.16. The summed E-state index contributed by atoms with van der Waals surface area (Å²) in [6.07, 6.45) is -2.22. The van der Waals surface area contributed by atoms with Crippen molar-refractivity contribution in [2.75, 3.05) is 6.54 Å². The average Bonchev–Trinajstić information content (AvgIpc) is 3.05. The molecule has 6 nitrogen and oxygen atoms in total. The molecular weight excluding hydrogens is 339 g/mol. The molecule has 0 aliphatic rings. The summed E-state index contributed by atoms with van der Waals surface area (Å²) in [7, 11) is 0. The van der Waals surface area contributed by atoms with Gasteiger partial charge in [0, 0.05) is 12.7 Å². The topological polar surface area (TPSA) is 79.2 Å². The molecule has 0 radical (unpaired) electrons. The summed E-state index contributed by atoms with van der Waals surface area (Å²) in [5.41, 5.74) is -2.63. The number of nitriles is 1. The Morgan fingerprint density at radius 3 is 2.68 bits per heavy atom. The fourth-order valence-corrected chi connectivity index (χ4v) is 2.19. The molecule has 0 fully saturated rings. The van der Waals surface area contributed by atoms with E-state index in [1.165, 1.54) is 11.2 Å². The van der Waals surface area contributed by atoms with Gasteiger partial charge in [0.15, 0.2) is 0 Å². The van der Waals surface area contributed by atoms with Crippen molar-refractivity contribution in [3.8, 4) is 6.07 Å². The summed E-state index contributed by atoms with van der Waals surface area (Å²) in [6, 6.07) is 6.87. The van der Waals surface area contributed by atoms with E-state index in [0.29, 0.717) is 16.4 Å². The number of furan rings is 1. The molecule has 0 N–H and O–H groups in total. The van der Waals surface area contributed by atoms with Crippen molar-refractivity contribution < 1.29 is 22.4 Å². The summed E-state index contributed by atoms with van der Waals surface area (Å²) in [5, 5.41) is 8.69. The standard InChI is InChI=1S/C16H14F3N3O3/c17-16(18,19)13-5-1-7-22(15(13)24)11-14(23)21(8-3-6-20)10-12-4-2-9-25-12/h1-2,4-5,7,9H,3,8,10-11H2. The minimum Gasteiger partial charge on any atom is -0.467 e. The van der Waals surface area contributed by atoms with Gasteiger partial charge in [0.1, 0.15) is 17.9 Å². The van der Waals surface area contributed by atoms with Crippen LogP contribution >= 0.6 is 0 Å². The maximum atomic E-state index is 12.8. The lowest BCUT2D eigenvalue weighted by molar-refractivity contribution is -0.139. The van der Waals surface area contributed by atoms with E-state index >= 15 is 0 Å². The molecule has 25 heavy (non-hydrogen) atoms. The number of rotatable bonds is 6. The van der Waals surface area contributed by atoms with Gasteiger partial charge in [-0.3, -0.25) is 9.59 Å². The molecule has 0 atom stereocenters. The van der Waals surface area contributed by atoms with Crippen molar-refractivity contribution in [1.29, 1.82) is 5.26 Å². The third-order valence-corrected chi connectivity index (χ3v) is 3.40. The van der Waals surface area contributed by atoms with Crippen molar-refractivity contribution in [3.63, 3.8) is 0 Å². The van der Waals surface area contributed by atoms with Gasteiger partial charge in [-0.2, -0.15) is 18.4 Å². The Morgan fingerprint density at radius 1 is 1.32 bits per heavy atom. The van der Waals surface area contributed by atoms with Crippen LogP contribution in [0, 0.1) is 11.3 Å². The highest BCUT2D eigenvalue weighted by Crippen LogP contribution is 2.25. The first-order valence-corrected chi connectivity index (χ1v) is 7.26. The lowest BCUT2D eigenvalue weighted by atomic mass is 10.2. The van der Waals surface area contributed by atoms with E-state index in [1.54, 1.807) is 12.1 Å². The fraction of sp³-hybridized carbons (Fsp3) is 0.312. The smallest absolute Gasteiger partial charge is 0.421 e. The zero-order valence-corrected chi connectivity index (χ0v) is 13.0. The van der Waals surface area contributed by atoms with Crippen molar-refractivity contribution in [1.82, 2.24) is 9.47 Å². The van der Waals surface area contributed by atoms with Gasteiger partial charge in [-0.1, -0.05) is 0 Å². The number of pyridine rings is 1. The van der Waals surface area contributed by atoms with Gasteiger partial charge in [-0.05, 0) is 24.3 Å². The minimum absolute atomic E-state index is 0.0456. The molecule has 132 valence electrons. The second-order valence-electron chi connectivity index (χ2n) is 5.16. The van der Waals surface area contributed by atoms with Gasteiger partial charge in [0.2, 0.25) is 5.91 Å². The number of nitrogens with zero attached hydrogens (tertiary/aromatic N) is 3. The van der Waals surface area contributed by atoms with Crippen LogP contribution in [0.15, 0.2) is 45.9 Å². The number of halogens is 3. The SMILES string of the molecule is N#CCCN(Cc1ccco1)C(=O)Cn1cccc(C(F)(F)F)c1=O. The number of carbonyl (C=O) groups is 1. The van der Waals surface area contributed by atoms with Crippen molar-refractivity contribution in [2.45, 2.75) is 25.7 Å². The molecule has 0 spiro atoms. The number of hydrogen-bond donors (Lipinski definition) is 0. The monoisotopic (exact) mass is 353 g/mol. The van der Waals surface area contributed by atoms with Crippen LogP contribution in [-0.4, -0.2) is 21.9 Å². The van der Waals surface area contributed by atoms with Crippen molar-refractivity contribution in [2.24, 2.45) is 0 Å². The molecule has 0 saturated heterocycles. The number of hydrogen-bond acceptors (Lipinski definition) is 4. The summed E-state index contributed by atoms with van der Waals surface area (Å²) in [4.78, 5) is 25.6. The molecule has 0 saturated carbocycles. The molecule has 2 aromatic heterocycles. The van der Waals surface area contributed by atoms with E-state index in [-0.39, 0.29) is 19.5 Å². The van der Waals surface area contributed by atoms with Gasteiger partial charge in [0.05, 0.1) is 25.3 Å². The predicted molar refractivity (Wildman–Crippen MR) is 80.1 cm³/mol. The van der Waals surface area contributed by atoms with Gasteiger partial charge in [-0.15, -0.1) is 0 Å². The first-order valence-electron chi connectivity index (χ1n) is 7.26. The highest BCUT2D eigenvalue weighted by Gasteiger charge is 2.34. The van der Waals surface area contributed by atoms with Crippen LogP contribution in [0.3, 0.4) is 0 Å². The first kappa shape index (κ1) is 18.3. The molecule has 2 heterocycles. The Bertz CT molecular complexity index is 820. The van der Waals surface area contributed by atoms with Crippen LogP contribution in [0.1, 0.15) is 17.7 Å². The normalized spacial score (nSPS) is 11.1. The van der Waals surface area contributed by atoms with E-state index in [4.69, 9.17) is 9.68 Å². The number of amides is 1. The van der Waals surface area contributed by atoms with E-state index in [9.17, 15) is 22.8 Å². The Balaban J connectivity index is 2.20. The van der Waals surface area contributed by atoms with Crippen molar-refractivity contribution >= 4 is 5.91 Å². The molecule has 0 bridgehead atoms. The molecule has 1 amide bonds. The molecule has 9 heteroatoms. The first-order chi connectivity index (χ1) is 11.8. The largest absolute Gasteiger partial charge is 0.467 e. The molecule has 0 unspecified atom stereocenters. The zero-order chi connectivity index (χ0) is 18.4. The molecule has 0 aromatic carbocycles. The van der Waals surface area contributed by atoms with E-state index in [0.717, 1.165) is 12.3 Å². The van der Waals surface area contributed by atoms with E-state index in [1.807, 2.05) is 6.07 Å². The van der Waals surface area contributed by atoms with Crippen LogP contribution in [-0.2, 0) is 24.1 Å². The fourth-order valence-electron chi connectivity index (χ4n) is 2.19. The highest BCUT2D eigenvalue weighted by atomic mass is 19.4. The lowest BCUT2D eigenvalue weighted by Crippen LogP contribution is -2.38. The zero-order valence-electron chi connectivity index (χ0n) is 13.0. The number of alkyl halides is 3. The highest BCUT2D eigenvalue weighted by molar-refractivity contribution is 5.76.